The van der Waals surface area contributed by atoms with Crippen LogP contribution in [0.2, 0.25) is 0 Å². The van der Waals surface area contributed by atoms with Gasteiger partial charge in [-0.15, -0.1) is 0 Å². The van der Waals surface area contributed by atoms with Crippen molar-refractivity contribution in [2.75, 3.05) is 0 Å². The molecule has 0 aliphatic carbocycles. The molecule has 19 heteroatoms. The summed E-state index contributed by atoms with van der Waals surface area (Å²) in [7, 11) is 0. The molecule has 43 heavy (non-hydrogen) atoms. The normalized spacial score (nSPS) is 13.8. The van der Waals surface area contributed by atoms with Gasteiger partial charge in [-0.25, -0.2) is 0 Å². The van der Waals surface area contributed by atoms with Gasteiger partial charge in [0.05, 0.1) is 33.4 Å². The fourth-order valence-corrected chi connectivity index (χ4v) is 4.14. The van der Waals surface area contributed by atoms with E-state index < -0.39 is 112 Å². The van der Waals surface area contributed by atoms with Gasteiger partial charge in [-0.3, -0.25) is 0 Å². The first-order valence-corrected chi connectivity index (χ1v) is 11.0. The van der Waals surface area contributed by atoms with Crippen LogP contribution in [0, 0.1) is 0 Å². The first-order valence-electron chi connectivity index (χ1n) is 11.0. The van der Waals surface area contributed by atoms with Crippen molar-refractivity contribution >= 4 is 23.1 Å². The van der Waals surface area contributed by atoms with Gasteiger partial charge in [0.25, 0.3) is 0 Å². The largest absolute Gasteiger partial charge is 0.416 e. The Bertz CT molecular complexity index is 1380. The molecule has 0 bridgehead atoms. The van der Waals surface area contributed by atoms with Gasteiger partial charge in [-0.2, -0.15) is 79.0 Å². The van der Waals surface area contributed by atoms with Gasteiger partial charge < -0.3 is 0 Å². The summed E-state index contributed by atoms with van der Waals surface area (Å²) in [6.45, 7) is -3.33. The zero-order valence-corrected chi connectivity index (χ0v) is 20.1. The summed E-state index contributed by atoms with van der Waals surface area (Å²) in [6.07, 6.45) is -34.3. The van der Waals surface area contributed by atoms with Crippen molar-refractivity contribution in [3.63, 3.8) is 0 Å². The molecule has 3 aromatic rings. The number of halogens is 18. The van der Waals surface area contributed by atoms with E-state index in [1.807, 2.05) is 0 Å². The highest BCUT2D eigenvalue weighted by Gasteiger charge is 2.46. The third kappa shape index (κ3) is 7.52. The van der Waals surface area contributed by atoms with Crippen LogP contribution < -0.4 is 16.4 Å². The van der Waals surface area contributed by atoms with E-state index in [-0.39, 0.29) is 36.4 Å². The molecule has 0 aromatic heterocycles. The SMILES string of the molecule is FC(F)(F)c1cc(B(c2cc(C(F)(F)F)ccc2C(F)(F)F)c2cc(C(F)(F)F)ccc2C(F)(F)F)cc(C(F)(F)F)c1. The molecule has 0 radical (unpaired) electrons. The van der Waals surface area contributed by atoms with Gasteiger partial charge in [0.2, 0.25) is 6.71 Å². The third-order valence-electron chi connectivity index (χ3n) is 5.93. The van der Waals surface area contributed by atoms with Gasteiger partial charge >= 0.3 is 37.1 Å². The van der Waals surface area contributed by atoms with E-state index in [0.717, 1.165) is 0 Å². The Hall–Kier alpha value is -3.54. The molecular weight excluding hydrogens is 641 g/mol. The minimum absolute atomic E-state index is 0.229. The molecule has 0 saturated heterocycles. The molecule has 0 amide bonds. The third-order valence-corrected chi connectivity index (χ3v) is 5.93. The van der Waals surface area contributed by atoms with Crippen LogP contribution in [0.1, 0.15) is 33.4 Å². The second kappa shape index (κ2) is 10.6. The summed E-state index contributed by atoms with van der Waals surface area (Å²) < 4.78 is 246. The van der Waals surface area contributed by atoms with Crippen LogP contribution in [0.4, 0.5) is 79.0 Å². The van der Waals surface area contributed by atoms with Crippen LogP contribution in [-0.4, -0.2) is 6.71 Å². The maximum Gasteiger partial charge on any atom is 0.416 e. The highest BCUT2D eigenvalue weighted by Crippen LogP contribution is 2.38. The molecule has 0 aliphatic rings. The molecule has 0 aliphatic heterocycles. The topological polar surface area (TPSA) is 0 Å². The first kappa shape index (κ1) is 34.0. The molecule has 0 spiro atoms. The Morgan fingerprint density at radius 1 is 0.326 bits per heavy atom. The molecule has 0 atom stereocenters. The zero-order valence-electron chi connectivity index (χ0n) is 20.1. The Kier molecular flexibility index (Phi) is 8.35. The molecule has 3 aromatic carbocycles. The minimum atomic E-state index is -5.81. The highest BCUT2D eigenvalue weighted by atomic mass is 19.4. The number of rotatable bonds is 3. The molecular formula is C24H9BF18. The fraction of sp³-hybridized carbons (Fsp3) is 0.250. The zero-order chi connectivity index (χ0) is 33.1. The van der Waals surface area contributed by atoms with E-state index in [2.05, 4.69) is 0 Å². The van der Waals surface area contributed by atoms with Crippen molar-refractivity contribution < 1.29 is 79.0 Å². The maximum absolute atomic E-state index is 14.0. The predicted molar refractivity (Wildman–Crippen MR) is 114 cm³/mol. The van der Waals surface area contributed by atoms with Crippen molar-refractivity contribution in [1.82, 2.24) is 0 Å². The molecule has 0 unspecified atom stereocenters. The smallest absolute Gasteiger partial charge is 0.166 e. The van der Waals surface area contributed by atoms with E-state index in [1.165, 1.54) is 0 Å². The molecule has 3 rings (SSSR count). The molecule has 0 nitrogen and oxygen atoms in total. The van der Waals surface area contributed by atoms with Crippen molar-refractivity contribution in [2.45, 2.75) is 37.1 Å². The summed E-state index contributed by atoms with van der Waals surface area (Å²) in [4.78, 5) is 0. The standard InChI is InChI=1S/C24H9BF18/c26-19(27,28)10-1-3-15(23(38,39)40)17(8-10)25(14-6-12(21(32,33)34)5-13(7-14)22(35,36)37)18-9-11(20(29,30)31)2-4-16(18)24(41,42)43/h1-9H. The average Bonchev–Trinajstić information content (AvgIpc) is 2.80. The molecule has 0 N–H and O–H groups in total. The summed E-state index contributed by atoms with van der Waals surface area (Å²) in [5, 5.41) is 0. The summed E-state index contributed by atoms with van der Waals surface area (Å²) >= 11 is 0. The summed E-state index contributed by atoms with van der Waals surface area (Å²) in [5.41, 5.74) is -19.1. The van der Waals surface area contributed by atoms with E-state index in [0.29, 0.717) is 0 Å². The van der Waals surface area contributed by atoms with Crippen LogP contribution in [0.5, 0.6) is 0 Å². The van der Waals surface area contributed by atoms with Gasteiger partial charge in [-0.05, 0) is 30.3 Å². The number of hydrogen-bond acceptors (Lipinski definition) is 0. The summed E-state index contributed by atoms with van der Waals surface area (Å²) in [5.74, 6) is 0. The average molecular weight is 650 g/mol. The van der Waals surface area contributed by atoms with Gasteiger partial charge in [0.15, 0.2) is 0 Å². The Labute approximate surface area is 228 Å². The van der Waals surface area contributed by atoms with Crippen LogP contribution in [0.3, 0.4) is 0 Å². The Morgan fingerprint density at radius 2 is 0.628 bits per heavy atom. The maximum atomic E-state index is 14.0. The minimum Gasteiger partial charge on any atom is -0.166 e. The molecule has 0 fully saturated rings. The Morgan fingerprint density at radius 3 is 0.884 bits per heavy atom. The van der Waals surface area contributed by atoms with Gasteiger partial charge in [0.1, 0.15) is 0 Å². The molecule has 0 saturated carbocycles. The van der Waals surface area contributed by atoms with Crippen molar-refractivity contribution in [2.24, 2.45) is 0 Å². The van der Waals surface area contributed by atoms with E-state index in [4.69, 9.17) is 0 Å². The van der Waals surface area contributed by atoms with Gasteiger partial charge in [-0.1, -0.05) is 40.7 Å². The number of benzene rings is 3. The monoisotopic (exact) mass is 650 g/mol. The van der Waals surface area contributed by atoms with Crippen LogP contribution in [0.25, 0.3) is 0 Å². The van der Waals surface area contributed by atoms with E-state index in [9.17, 15) is 79.0 Å². The number of hydrogen-bond donors (Lipinski definition) is 0. The van der Waals surface area contributed by atoms with Crippen molar-refractivity contribution in [3.05, 3.63) is 88.0 Å². The predicted octanol–water partition coefficient (Wildman–Crippen LogP) is 8.32. The lowest BCUT2D eigenvalue weighted by molar-refractivity contribution is -0.143. The van der Waals surface area contributed by atoms with Crippen molar-refractivity contribution in [3.8, 4) is 0 Å². The molecule has 234 valence electrons. The van der Waals surface area contributed by atoms with Crippen LogP contribution in [0.15, 0.2) is 54.6 Å². The molecule has 0 heterocycles. The fourth-order valence-electron chi connectivity index (χ4n) is 4.14. The van der Waals surface area contributed by atoms with E-state index >= 15 is 0 Å². The lowest BCUT2D eigenvalue weighted by atomic mass is 9.35. The van der Waals surface area contributed by atoms with E-state index in [1.54, 1.807) is 0 Å². The second-order valence-electron chi connectivity index (χ2n) is 8.87. The quantitative estimate of drug-likeness (QED) is 0.198. The van der Waals surface area contributed by atoms with Gasteiger partial charge in [0, 0.05) is 0 Å². The Balaban J connectivity index is 2.68. The van der Waals surface area contributed by atoms with Crippen LogP contribution >= 0.6 is 0 Å². The lowest BCUT2D eigenvalue weighted by Crippen LogP contribution is -2.56. The first-order chi connectivity index (χ1) is 19.1. The van der Waals surface area contributed by atoms with Crippen molar-refractivity contribution in [1.29, 1.82) is 0 Å². The lowest BCUT2D eigenvalue weighted by Gasteiger charge is -2.26. The second-order valence-corrected chi connectivity index (χ2v) is 8.87. The highest BCUT2D eigenvalue weighted by molar-refractivity contribution is 6.96. The number of alkyl halides is 18. The van der Waals surface area contributed by atoms with Crippen LogP contribution in [-0.2, 0) is 37.1 Å². The summed E-state index contributed by atoms with van der Waals surface area (Å²) in [6, 6.07) is -3.53.